The van der Waals surface area contributed by atoms with Crippen LogP contribution in [0.25, 0.3) is 0 Å². The fourth-order valence-electron chi connectivity index (χ4n) is 1.50. The minimum Gasteiger partial charge on any atom is -0.467 e. The summed E-state index contributed by atoms with van der Waals surface area (Å²) < 4.78 is 11.5. The van der Waals surface area contributed by atoms with E-state index in [0.717, 1.165) is 10.0 Å². The van der Waals surface area contributed by atoms with Gasteiger partial charge in [-0.2, -0.15) is 9.97 Å². The molecule has 0 spiro atoms. The van der Waals surface area contributed by atoms with Gasteiger partial charge in [0.05, 0.1) is 11.6 Å². The maximum Gasteiger partial charge on any atom is 0.330 e. The molecule has 2 aromatic rings. The summed E-state index contributed by atoms with van der Waals surface area (Å²) in [6, 6.07) is 6.14. The summed E-state index contributed by atoms with van der Waals surface area (Å²) in [6.07, 6.45) is 0. The normalized spacial score (nSPS) is 10.2. The van der Waals surface area contributed by atoms with Gasteiger partial charge in [0.1, 0.15) is 5.75 Å². The van der Waals surface area contributed by atoms with Gasteiger partial charge in [-0.25, -0.2) is 0 Å². The zero-order valence-corrected chi connectivity index (χ0v) is 13.1. The number of hydrogen-bond acceptors (Lipinski definition) is 6. The van der Waals surface area contributed by atoms with E-state index >= 15 is 0 Å². The predicted octanol–water partition coefficient (Wildman–Crippen LogP) is 3.18. The fourth-order valence-corrected chi connectivity index (χ4v) is 2.07. The molecule has 2 rings (SSSR count). The largest absolute Gasteiger partial charge is 0.467 e. The minimum atomic E-state index is 0.178. The van der Waals surface area contributed by atoms with Crippen molar-refractivity contribution >= 4 is 21.9 Å². The molecule has 1 aromatic heterocycles. The van der Waals surface area contributed by atoms with Crippen molar-refractivity contribution in [3.63, 3.8) is 0 Å². The van der Waals surface area contributed by atoms with Gasteiger partial charge in [0.25, 0.3) is 0 Å². The van der Waals surface area contributed by atoms with Gasteiger partial charge >= 0.3 is 12.0 Å². The molecule has 1 N–H and O–H groups in total. The standard InChI is InChI=1S/C13H15BrN4O2/c1-4-15-11-16-12(19-3)18-13(17-11)20-10-6-5-8(2)7-9(10)14/h5-7H,4H2,1-3H3,(H,15,16,17,18). The molecule has 0 fully saturated rings. The maximum atomic E-state index is 5.66. The molecule has 7 heteroatoms. The molecule has 0 bridgehead atoms. The molecule has 0 amide bonds. The fraction of sp³-hybridized carbons (Fsp3) is 0.308. The van der Waals surface area contributed by atoms with Crippen molar-refractivity contribution < 1.29 is 9.47 Å². The Labute approximate surface area is 125 Å². The lowest BCUT2D eigenvalue weighted by Crippen LogP contribution is -2.06. The number of rotatable bonds is 5. The summed E-state index contributed by atoms with van der Waals surface area (Å²) in [6.45, 7) is 4.65. The van der Waals surface area contributed by atoms with Gasteiger partial charge in [-0.05, 0) is 47.5 Å². The van der Waals surface area contributed by atoms with Crippen LogP contribution in [0.4, 0.5) is 5.95 Å². The number of aromatic nitrogens is 3. The average molecular weight is 339 g/mol. The summed E-state index contributed by atoms with van der Waals surface area (Å²) in [5.41, 5.74) is 1.13. The van der Waals surface area contributed by atoms with E-state index in [4.69, 9.17) is 9.47 Å². The molecule has 0 saturated carbocycles. The molecule has 0 saturated heterocycles. The lowest BCUT2D eigenvalue weighted by Gasteiger charge is -2.09. The van der Waals surface area contributed by atoms with Crippen LogP contribution >= 0.6 is 15.9 Å². The minimum absolute atomic E-state index is 0.178. The molecular formula is C13H15BrN4O2. The molecular weight excluding hydrogens is 324 g/mol. The number of hydrogen-bond donors (Lipinski definition) is 1. The van der Waals surface area contributed by atoms with E-state index in [-0.39, 0.29) is 12.0 Å². The van der Waals surface area contributed by atoms with Crippen molar-refractivity contribution in [1.29, 1.82) is 0 Å². The Bertz CT molecular complexity index is 607. The molecule has 20 heavy (non-hydrogen) atoms. The number of aryl methyl sites for hydroxylation is 1. The first-order valence-electron chi connectivity index (χ1n) is 6.10. The van der Waals surface area contributed by atoms with Crippen molar-refractivity contribution in [2.45, 2.75) is 13.8 Å². The van der Waals surface area contributed by atoms with Crippen LogP contribution in [0.2, 0.25) is 0 Å². The van der Waals surface area contributed by atoms with Crippen molar-refractivity contribution in [3.05, 3.63) is 28.2 Å². The van der Waals surface area contributed by atoms with Crippen molar-refractivity contribution in [1.82, 2.24) is 15.0 Å². The second-order valence-electron chi connectivity index (χ2n) is 3.99. The second kappa shape index (κ2) is 6.51. The predicted molar refractivity (Wildman–Crippen MR) is 79.5 cm³/mol. The first-order chi connectivity index (χ1) is 9.62. The third-order valence-electron chi connectivity index (χ3n) is 2.40. The van der Waals surface area contributed by atoms with Gasteiger partial charge in [-0.3, -0.25) is 0 Å². The van der Waals surface area contributed by atoms with E-state index in [0.29, 0.717) is 18.2 Å². The van der Waals surface area contributed by atoms with Gasteiger partial charge in [0.2, 0.25) is 5.95 Å². The Morgan fingerprint density at radius 3 is 2.60 bits per heavy atom. The molecule has 0 aliphatic carbocycles. The van der Waals surface area contributed by atoms with Crippen LogP contribution in [-0.2, 0) is 0 Å². The van der Waals surface area contributed by atoms with E-state index in [1.54, 1.807) is 0 Å². The molecule has 0 aliphatic heterocycles. The van der Waals surface area contributed by atoms with E-state index in [1.165, 1.54) is 7.11 Å². The van der Waals surface area contributed by atoms with Gasteiger partial charge < -0.3 is 14.8 Å². The van der Waals surface area contributed by atoms with Crippen LogP contribution < -0.4 is 14.8 Å². The Morgan fingerprint density at radius 2 is 1.95 bits per heavy atom. The Kier molecular flexibility index (Phi) is 4.73. The van der Waals surface area contributed by atoms with E-state index in [1.807, 2.05) is 32.0 Å². The highest BCUT2D eigenvalue weighted by atomic mass is 79.9. The first kappa shape index (κ1) is 14.5. The third-order valence-corrected chi connectivity index (χ3v) is 3.02. The Morgan fingerprint density at radius 1 is 1.20 bits per heavy atom. The molecule has 1 aromatic carbocycles. The lowest BCUT2D eigenvalue weighted by molar-refractivity contribution is 0.359. The monoisotopic (exact) mass is 338 g/mol. The molecule has 0 atom stereocenters. The van der Waals surface area contributed by atoms with Crippen LogP contribution in [0, 0.1) is 6.92 Å². The zero-order chi connectivity index (χ0) is 14.5. The van der Waals surface area contributed by atoms with Gasteiger partial charge in [-0.15, -0.1) is 4.98 Å². The second-order valence-corrected chi connectivity index (χ2v) is 4.85. The van der Waals surface area contributed by atoms with E-state index < -0.39 is 0 Å². The van der Waals surface area contributed by atoms with Crippen LogP contribution in [0.15, 0.2) is 22.7 Å². The topological polar surface area (TPSA) is 69.2 Å². The zero-order valence-electron chi connectivity index (χ0n) is 11.5. The van der Waals surface area contributed by atoms with Crippen LogP contribution in [0.1, 0.15) is 12.5 Å². The summed E-state index contributed by atoms with van der Waals surface area (Å²) in [7, 11) is 1.50. The number of halogens is 1. The molecule has 106 valence electrons. The van der Waals surface area contributed by atoms with Crippen molar-refractivity contribution in [2.75, 3.05) is 19.0 Å². The average Bonchev–Trinajstić information content (AvgIpc) is 2.42. The SMILES string of the molecule is CCNc1nc(OC)nc(Oc2ccc(C)cc2Br)n1. The number of ether oxygens (including phenoxy) is 2. The molecule has 0 aliphatic rings. The number of benzene rings is 1. The maximum absolute atomic E-state index is 5.66. The number of nitrogens with one attached hydrogen (secondary N) is 1. The highest BCUT2D eigenvalue weighted by molar-refractivity contribution is 9.10. The highest BCUT2D eigenvalue weighted by Gasteiger charge is 2.10. The first-order valence-corrected chi connectivity index (χ1v) is 6.89. The highest BCUT2D eigenvalue weighted by Crippen LogP contribution is 2.29. The van der Waals surface area contributed by atoms with E-state index in [9.17, 15) is 0 Å². The van der Waals surface area contributed by atoms with Crippen molar-refractivity contribution in [3.8, 4) is 17.8 Å². The van der Waals surface area contributed by atoms with Gasteiger partial charge in [-0.1, -0.05) is 6.07 Å². The summed E-state index contributed by atoms with van der Waals surface area (Å²) >= 11 is 3.45. The molecule has 0 radical (unpaired) electrons. The Hall–Kier alpha value is -1.89. The number of anilines is 1. The number of methoxy groups -OCH3 is 1. The summed E-state index contributed by atoms with van der Waals surface area (Å²) in [5, 5.41) is 3.00. The molecule has 6 nitrogen and oxygen atoms in total. The van der Waals surface area contributed by atoms with E-state index in [2.05, 4.69) is 36.2 Å². The van der Waals surface area contributed by atoms with Crippen LogP contribution in [0.5, 0.6) is 17.8 Å². The number of nitrogens with zero attached hydrogens (tertiary/aromatic N) is 3. The van der Waals surface area contributed by atoms with Crippen LogP contribution in [-0.4, -0.2) is 28.6 Å². The van der Waals surface area contributed by atoms with Crippen molar-refractivity contribution in [2.24, 2.45) is 0 Å². The molecule has 1 heterocycles. The summed E-state index contributed by atoms with van der Waals surface area (Å²) in [4.78, 5) is 12.3. The quantitative estimate of drug-likeness (QED) is 0.902. The van der Waals surface area contributed by atoms with Crippen LogP contribution in [0.3, 0.4) is 0 Å². The summed E-state index contributed by atoms with van der Waals surface area (Å²) in [5.74, 6) is 1.05. The Balaban J connectivity index is 2.29. The van der Waals surface area contributed by atoms with Gasteiger partial charge in [0.15, 0.2) is 0 Å². The molecule has 0 unspecified atom stereocenters. The van der Waals surface area contributed by atoms with Gasteiger partial charge in [0, 0.05) is 6.54 Å². The lowest BCUT2D eigenvalue weighted by atomic mass is 10.2. The third kappa shape index (κ3) is 3.57. The smallest absolute Gasteiger partial charge is 0.330 e.